The van der Waals surface area contributed by atoms with Crippen molar-refractivity contribution in [1.82, 2.24) is 14.6 Å². The Bertz CT molecular complexity index is 1180. The summed E-state index contributed by atoms with van der Waals surface area (Å²) in [4.78, 5) is 30.2. The zero-order chi connectivity index (χ0) is 24.8. The van der Waals surface area contributed by atoms with Crippen LogP contribution in [0.4, 0.5) is 4.39 Å². The van der Waals surface area contributed by atoms with Crippen molar-refractivity contribution in [3.8, 4) is 5.69 Å². The van der Waals surface area contributed by atoms with Crippen LogP contribution in [0.2, 0.25) is 5.02 Å². The molecule has 0 unspecified atom stereocenters. The van der Waals surface area contributed by atoms with E-state index >= 15 is 0 Å². The van der Waals surface area contributed by atoms with Gasteiger partial charge in [0.15, 0.2) is 5.78 Å². The normalized spacial score (nSPS) is 11.9. The van der Waals surface area contributed by atoms with E-state index in [-0.39, 0.29) is 17.7 Å². The van der Waals surface area contributed by atoms with Crippen LogP contribution in [0.5, 0.6) is 0 Å². The molecule has 6 N–H and O–H groups in total. The lowest BCUT2D eigenvalue weighted by atomic mass is 10.0. The third-order valence-electron chi connectivity index (χ3n) is 5.48. The van der Waals surface area contributed by atoms with E-state index in [1.54, 1.807) is 35.9 Å². The van der Waals surface area contributed by atoms with Gasteiger partial charge in [0, 0.05) is 10.6 Å². The van der Waals surface area contributed by atoms with Crippen LogP contribution in [0.15, 0.2) is 48.7 Å². The quantitative estimate of drug-likeness (QED) is 0.133. The Kier molecular flexibility index (Phi) is 8.51. The van der Waals surface area contributed by atoms with Gasteiger partial charge in [-0.25, -0.2) is 15.2 Å². The van der Waals surface area contributed by atoms with Gasteiger partial charge in [-0.3, -0.25) is 19.2 Å². The van der Waals surface area contributed by atoms with Crippen molar-refractivity contribution in [2.45, 2.75) is 38.8 Å². The van der Waals surface area contributed by atoms with E-state index in [9.17, 15) is 14.0 Å². The minimum atomic E-state index is -0.747. The minimum Gasteiger partial charge on any atom is -0.330 e. The van der Waals surface area contributed by atoms with Crippen LogP contribution in [-0.4, -0.2) is 38.8 Å². The maximum absolute atomic E-state index is 14.4. The van der Waals surface area contributed by atoms with E-state index in [1.165, 1.54) is 24.3 Å². The summed E-state index contributed by atoms with van der Waals surface area (Å²) in [5.74, 6) is 5.01. The zero-order valence-corrected chi connectivity index (χ0v) is 19.6. The number of hydrogen-bond acceptors (Lipinski definition) is 6. The molecule has 2 aromatic carbocycles. The largest absolute Gasteiger partial charge is 0.330 e. The molecular formula is C24H28ClFN6O2. The number of aryl methyl sites for hydroxylation is 1. The molecule has 1 atom stereocenters. The molecule has 0 fully saturated rings. The molecule has 0 spiro atoms. The average molecular weight is 487 g/mol. The Balaban J connectivity index is 1.94. The van der Waals surface area contributed by atoms with Crippen LogP contribution in [0, 0.1) is 12.7 Å². The summed E-state index contributed by atoms with van der Waals surface area (Å²) in [7, 11) is 0. The Morgan fingerprint density at radius 2 is 1.91 bits per heavy atom. The van der Waals surface area contributed by atoms with E-state index in [1.807, 2.05) is 0 Å². The second-order valence-electron chi connectivity index (χ2n) is 7.96. The number of rotatable bonds is 10. The second-order valence-corrected chi connectivity index (χ2v) is 8.40. The molecule has 0 bridgehead atoms. The number of imidazole rings is 1. The first kappa shape index (κ1) is 25.5. The van der Waals surface area contributed by atoms with E-state index in [0.717, 1.165) is 17.9 Å². The van der Waals surface area contributed by atoms with Gasteiger partial charge in [-0.05, 0) is 56.6 Å². The third kappa shape index (κ3) is 5.68. The Labute approximate surface area is 202 Å². The van der Waals surface area contributed by atoms with Crippen LogP contribution >= 0.6 is 11.6 Å². The number of amides is 1. The molecule has 0 radical (unpaired) electrons. The smallest absolute Gasteiger partial charge is 0.253 e. The molecule has 10 heteroatoms. The first-order chi connectivity index (χ1) is 16.2. The fourth-order valence-electron chi connectivity index (χ4n) is 3.70. The highest BCUT2D eigenvalue weighted by Crippen LogP contribution is 2.26. The molecule has 1 amide bonds. The number of nitrogens with zero attached hydrogens (tertiary/aromatic N) is 3. The summed E-state index contributed by atoms with van der Waals surface area (Å²) in [6.07, 6.45) is 3.53. The Morgan fingerprint density at radius 3 is 2.62 bits per heavy atom. The maximum atomic E-state index is 14.4. The Morgan fingerprint density at radius 1 is 1.18 bits per heavy atom. The number of carbonyl (C=O) groups excluding carboxylic acids is 2. The Hall–Kier alpha value is -3.11. The molecule has 0 saturated heterocycles. The molecule has 34 heavy (non-hydrogen) atoms. The molecular weight excluding hydrogens is 459 g/mol. The number of ketones is 1. The number of unbranched alkanes of at least 4 members (excludes halogenated alkanes) is 1. The fraction of sp³-hybridized carbons (Fsp3) is 0.292. The summed E-state index contributed by atoms with van der Waals surface area (Å²) in [6.45, 7) is 2.28. The highest BCUT2D eigenvalue weighted by Gasteiger charge is 2.24. The van der Waals surface area contributed by atoms with Crippen LogP contribution in [0.3, 0.4) is 0 Å². The molecule has 1 heterocycles. The van der Waals surface area contributed by atoms with Crippen molar-refractivity contribution in [3.63, 3.8) is 0 Å². The van der Waals surface area contributed by atoms with E-state index in [0.29, 0.717) is 35.2 Å². The number of nitrogens with two attached hydrogens (primary N) is 3. The van der Waals surface area contributed by atoms with Gasteiger partial charge in [-0.15, -0.1) is 0 Å². The molecule has 0 aliphatic carbocycles. The number of benzene rings is 2. The summed E-state index contributed by atoms with van der Waals surface area (Å²) >= 11 is 6.18. The number of carbonyl (C=O) groups is 2. The molecule has 3 rings (SSSR count). The predicted octanol–water partition coefficient (Wildman–Crippen LogP) is 2.86. The van der Waals surface area contributed by atoms with Crippen molar-refractivity contribution < 1.29 is 14.0 Å². The van der Waals surface area contributed by atoms with Gasteiger partial charge in [-0.2, -0.15) is 0 Å². The first-order valence-electron chi connectivity index (χ1n) is 10.9. The van der Waals surface area contributed by atoms with E-state index < -0.39 is 23.5 Å². The van der Waals surface area contributed by atoms with Gasteiger partial charge in [-0.1, -0.05) is 30.2 Å². The van der Waals surface area contributed by atoms with Gasteiger partial charge < -0.3 is 11.5 Å². The predicted molar refractivity (Wildman–Crippen MR) is 129 cm³/mol. The molecule has 0 aliphatic heterocycles. The topological polar surface area (TPSA) is 133 Å². The summed E-state index contributed by atoms with van der Waals surface area (Å²) in [6, 6.07) is 9.74. The van der Waals surface area contributed by atoms with Crippen molar-refractivity contribution in [2.75, 3.05) is 6.54 Å². The summed E-state index contributed by atoms with van der Waals surface area (Å²) in [5, 5.41) is 1.36. The standard InChI is InChI=1S/C24H28ClFN6O2/c1-15-30-13-17(14-31(29)24(34)21(28)8-4-5-11-27)32(15)22-10-9-16(25)12-19(22)23(33)18-6-2-3-7-20(18)26/h2-3,6-7,9-10,12-13,21H,4-5,8,11,14,27-29H2,1H3/t21-/m0/s1. The van der Waals surface area contributed by atoms with Crippen molar-refractivity contribution >= 4 is 23.3 Å². The second kappa shape index (κ2) is 11.3. The van der Waals surface area contributed by atoms with Gasteiger partial charge in [0.1, 0.15) is 11.6 Å². The van der Waals surface area contributed by atoms with Crippen LogP contribution in [0.1, 0.15) is 46.7 Å². The van der Waals surface area contributed by atoms with E-state index in [2.05, 4.69) is 4.98 Å². The van der Waals surface area contributed by atoms with Gasteiger partial charge in [0.25, 0.3) is 5.91 Å². The molecule has 180 valence electrons. The number of halogens is 2. The monoisotopic (exact) mass is 486 g/mol. The van der Waals surface area contributed by atoms with Crippen LogP contribution in [0.25, 0.3) is 5.69 Å². The SMILES string of the molecule is Cc1ncc(CN(N)C(=O)[C@@H](N)CCCCN)n1-c1ccc(Cl)cc1C(=O)c1ccccc1F. The summed E-state index contributed by atoms with van der Waals surface area (Å²) in [5.41, 5.74) is 12.6. The lowest BCUT2D eigenvalue weighted by molar-refractivity contribution is -0.133. The van der Waals surface area contributed by atoms with Crippen molar-refractivity contribution in [1.29, 1.82) is 0 Å². The number of hydrazine groups is 1. The lowest BCUT2D eigenvalue weighted by Gasteiger charge is -2.22. The maximum Gasteiger partial charge on any atom is 0.253 e. The van der Waals surface area contributed by atoms with Crippen LogP contribution in [-0.2, 0) is 11.3 Å². The average Bonchev–Trinajstić information content (AvgIpc) is 3.18. The molecule has 0 saturated carbocycles. The molecule has 0 aliphatic rings. The third-order valence-corrected chi connectivity index (χ3v) is 5.71. The van der Waals surface area contributed by atoms with Crippen LogP contribution < -0.4 is 17.3 Å². The highest BCUT2D eigenvalue weighted by atomic mass is 35.5. The zero-order valence-electron chi connectivity index (χ0n) is 18.9. The van der Waals surface area contributed by atoms with Crippen molar-refractivity contribution in [3.05, 3.63) is 82.1 Å². The van der Waals surface area contributed by atoms with E-state index in [4.69, 9.17) is 28.9 Å². The number of hydrogen-bond donors (Lipinski definition) is 3. The molecule has 1 aromatic heterocycles. The minimum absolute atomic E-state index is 0.000215. The van der Waals surface area contributed by atoms with Gasteiger partial charge >= 0.3 is 0 Å². The molecule has 3 aromatic rings. The highest BCUT2D eigenvalue weighted by molar-refractivity contribution is 6.31. The van der Waals surface area contributed by atoms with Crippen molar-refractivity contribution in [2.24, 2.45) is 17.3 Å². The van der Waals surface area contributed by atoms with Gasteiger partial charge in [0.2, 0.25) is 0 Å². The summed E-state index contributed by atoms with van der Waals surface area (Å²) < 4.78 is 16.0. The number of aromatic nitrogens is 2. The fourth-order valence-corrected chi connectivity index (χ4v) is 3.88. The van der Waals surface area contributed by atoms with Gasteiger partial charge in [0.05, 0.1) is 35.7 Å². The lowest BCUT2D eigenvalue weighted by Crippen LogP contribution is -2.47. The molecule has 8 nitrogen and oxygen atoms in total. The first-order valence-corrected chi connectivity index (χ1v) is 11.3.